The van der Waals surface area contributed by atoms with E-state index in [-0.39, 0.29) is 24.3 Å². The van der Waals surface area contributed by atoms with Gasteiger partial charge in [-0.25, -0.2) is 0 Å². The zero-order chi connectivity index (χ0) is 17.8. The highest BCUT2D eigenvalue weighted by Crippen LogP contribution is 2.37. The predicted octanol–water partition coefficient (Wildman–Crippen LogP) is 2.64. The number of amides is 2. The Balaban J connectivity index is 1.80. The number of carbonyl (C=O) groups is 2. The van der Waals surface area contributed by atoms with Crippen LogP contribution in [-0.4, -0.2) is 35.4 Å². The number of aromatic nitrogens is 1. The Labute approximate surface area is 146 Å². The summed E-state index contributed by atoms with van der Waals surface area (Å²) in [6.07, 6.45) is 3.57. The molecule has 2 aromatic rings. The van der Waals surface area contributed by atoms with Crippen molar-refractivity contribution in [2.75, 3.05) is 19.0 Å². The molecular weight excluding hydrogens is 318 g/mol. The molecule has 6 heteroatoms. The van der Waals surface area contributed by atoms with Crippen LogP contribution in [0.2, 0.25) is 0 Å². The summed E-state index contributed by atoms with van der Waals surface area (Å²) in [4.78, 5) is 30.7. The first-order chi connectivity index (χ1) is 12.1. The molecule has 0 unspecified atom stereocenters. The number of rotatable bonds is 5. The fourth-order valence-corrected chi connectivity index (χ4v) is 3.18. The average molecular weight is 339 g/mol. The van der Waals surface area contributed by atoms with Gasteiger partial charge < -0.3 is 15.0 Å². The maximum atomic E-state index is 12.8. The van der Waals surface area contributed by atoms with Crippen LogP contribution in [0, 0.1) is 5.92 Å². The van der Waals surface area contributed by atoms with Crippen molar-refractivity contribution in [3.8, 4) is 5.75 Å². The number of carbonyl (C=O) groups excluding carboxylic acids is 2. The van der Waals surface area contributed by atoms with Crippen LogP contribution in [0.5, 0.6) is 5.75 Å². The van der Waals surface area contributed by atoms with E-state index in [4.69, 9.17) is 4.74 Å². The van der Waals surface area contributed by atoms with E-state index < -0.39 is 5.92 Å². The molecule has 0 saturated carbocycles. The van der Waals surface area contributed by atoms with Crippen molar-refractivity contribution in [3.63, 3.8) is 0 Å². The lowest BCUT2D eigenvalue weighted by atomic mass is 9.94. The van der Waals surface area contributed by atoms with Gasteiger partial charge in [-0.05, 0) is 30.7 Å². The molecule has 0 bridgehead atoms. The van der Waals surface area contributed by atoms with Crippen molar-refractivity contribution in [1.82, 2.24) is 9.88 Å². The van der Waals surface area contributed by atoms with Crippen molar-refractivity contribution >= 4 is 17.5 Å². The van der Waals surface area contributed by atoms with Crippen LogP contribution in [0.15, 0.2) is 48.8 Å². The first kappa shape index (κ1) is 17.0. The summed E-state index contributed by atoms with van der Waals surface area (Å²) in [5, 5.41) is 2.91. The van der Waals surface area contributed by atoms with E-state index in [1.165, 1.54) is 0 Å². The van der Waals surface area contributed by atoms with Gasteiger partial charge in [-0.15, -0.1) is 0 Å². The monoisotopic (exact) mass is 339 g/mol. The quantitative estimate of drug-likeness (QED) is 0.909. The van der Waals surface area contributed by atoms with Crippen molar-refractivity contribution in [1.29, 1.82) is 0 Å². The van der Waals surface area contributed by atoms with Crippen molar-refractivity contribution in [3.05, 3.63) is 54.4 Å². The summed E-state index contributed by atoms with van der Waals surface area (Å²) in [7, 11) is 1.73. The van der Waals surface area contributed by atoms with Gasteiger partial charge in [-0.1, -0.05) is 12.1 Å². The van der Waals surface area contributed by atoms with Crippen LogP contribution in [0.25, 0.3) is 0 Å². The Kier molecular flexibility index (Phi) is 4.97. The van der Waals surface area contributed by atoms with Gasteiger partial charge in [0.2, 0.25) is 11.8 Å². The van der Waals surface area contributed by atoms with Crippen LogP contribution in [0.4, 0.5) is 5.69 Å². The minimum absolute atomic E-state index is 0.0444. The maximum absolute atomic E-state index is 12.8. The number of hydrogen-bond donors (Lipinski definition) is 1. The second-order valence-electron chi connectivity index (χ2n) is 6.00. The molecule has 130 valence electrons. The minimum atomic E-state index is -0.461. The van der Waals surface area contributed by atoms with Crippen molar-refractivity contribution in [2.24, 2.45) is 5.92 Å². The molecule has 2 atom stereocenters. The van der Waals surface area contributed by atoms with E-state index in [0.29, 0.717) is 18.0 Å². The van der Waals surface area contributed by atoms with Crippen LogP contribution in [0.1, 0.15) is 24.9 Å². The standard InChI is InChI=1S/C19H21N3O3/c1-3-25-15-8-4-7-14(10-15)21-19(24)16-11-17(23)22(2)18(16)13-6-5-9-20-12-13/h4-10,12,16,18H,3,11H2,1-2H3,(H,21,24)/t16-,18+/m1/s1. The van der Waals surface area contributed by atoms with Gasteiger partial charge in [0.25, 0.3) is 0 Å². The summed E-state index contributed by atoms with van der Waals surface area (Å²) in [6, 6.07) is 10.6. The molecule has 1 aliphatic heterocycles. The topological polar surface area (TPSA) is 71.5 Å². The van der Waals surface area contributed by atoms with Crippen LogP contribution in [0.3, 0.4) is 0 Å². The van der Waals surface area contributed by atoms with E-state index in [1.807, 2.05) is 31.2 Å². The highest BCUT2D eigenvalue weighted by molar-refractivity contribution is 5.98. The van der Waals surface area contributed by atoms with Gasteiger partial charge >= 0.3 is 0 Å². The zero-order valence-electron chi connectivity index (χ0n) is 14.3. The summed E-state index contributed by atoms with van der Waals surface area (Å²) in [5.41, 5.74) is 1.52. The number of hydrogen-bond acceptors (Lipinski definition) is 4. The van der Waals surface area contributed by atoms with Gasteiger partial charge in [0.15, 0.2) is 0 Å². The first-order valence-electron chi connectivity index (χ1n) is 8.29. The molecule has 6 nitrogen and oxygen atoms in total. The van der Waals surface area contributed by atoms with Gasteiger partial charge in [-0.3, -0.25) is 14.6 Å². The molecule has 1 fully saturated rings. The third-order valence-corrected chi connectivity index (χ3v) is 4.36. The molecule has 0 spiro atoms. The van der Waals surface area contributed by atoms with Crippen LogP contribution >= 0.6 is 0 Å². The Morgan fingerprint density at radius 1 is 1.36 bits per heavy atom. The predicted molar refractivity (Wildman–Crippen MR) is 94.1 cm³/mol. The normalized spacial score (nSPS) is 19.8. The molecule has 2 amide bonds. The van der Waals surface area contributed by atoms with Gasteiger partial charge in [0.1, 0.15) is 5.75 Å². The van der Waals surface area contributed by atoms with E-state index in [2.05, 4.69) is 10.3 Å². The summed E-state index contributed by atoms with van der Waals surface area (Å²) < 4.78 is 5.46. The lowest BCUT2D eigenvalue weighted by Gasteiger charge is -2.24. The molecule has 2 heterocycles. The van der Waals surface area contributed by atoms with Crippen LogP contribution in [-0.2, 0) is 9.59 Å². The molecular formula is C19H21N3O3. The number of benzene rings is 1. The maximum Gasteiger partial charge on any atom is 0.230 e. The second-order valence-corrected chi connectivity index (χ2v) is 6.00. The van der Waals surface area contributed by atoms with E-state index >= 15 is 0 Å². The summed E-state index contributed by atoms with van der Waals surface area (Å²) >= 11 is 0. The molecule has 1 aromatic heterocycles. The van der Waals surface area contributed by atoms with Gasteiger partial charge in [0.05, 0.1) is 18.6 Å². The van der Waals surface area contributed by atoms with Gasteiger partial charge in [-0.2, -0.15) is 0 Å². The SMILES string of the molecule is CCOc1cccc(NC(=O)[C@@H]2CC(=O)N(C)[C@H]2c2cccnc2)c1. The number of ether oxygens (including phenoxy) is 1. The molecule has 3 rings (SSSR count). The molecule has 1 aromatic carbocycles. The minimum Gasteiger partial charge on any atom is -0.494 e. The highest BCUT2D eigenvalue weighted by Gasteiger charge is 2.42. The Bertz CT molecular complexity index is 764. The Hall–Kier alpha value is -2.89. The molecule has 1 N–H and O–H groups in total. The number of likely N-dealkylation sites (tertiary alicyclic amines) is 1. The fraction of sp³-hybridized carbons (Fsp3) is 0.316. The Morgan fingerprint density at radius 2 is 2.20 bits per heavy atom. The van der Waals surface area contributed by atoms with E-state index in [9.17, 15) is 9.59 Å². The third kappa shape index (κ3) is 3.63. The van der Waals surface area contributed by atoms with E-state index in [1.54, 1.807) is 36.5 Å². The average Bonchev–Trinajstić information content (AvgIpc) is 2.92. The van der Waals surface area contributed by atoms with Crippen molar-refractivity contribution < 1.29 is 14.3 Å². The van der Waals surface area contributed by atoms with Crippen LogP contribution < -0.4 is 10.1 Å². The lowest BCUT2D eigenvalue weighted by Crippen LogP contribution is -2.30. The summed E-state index contributed by atoms with van der Waals surface area (Å²) in [6.45, 7) is 2.46. The van der Waals surface area contributed by atoms with Gasteiger partial charge in [0, 0.05) is 37.6 Å². The summed E-state index contributed by atoms with van der Waals surface area (Å²) in [5.74, 6) is 0.0125. The van der Waals surface area contributed by atoms with Crippen molar-refractivity contribution in [2.45, 2.75) is 19.4 Å². The Morgan fingerprint density at radius 3 is 2.92 bits per heavy atom. The number of anilines is 1. The number of pyridine rings is 1. The first-order valence-corrected chi connectivity index (χ1v) is 8.29. The highest BCUT2D eigenvalue weighted by atomic mass is 16.5. The fourth-order valence-electron chi connectivity index (χ4n) is 3.18. The molecule has 1 saturated heterocycles. The lowest BCUT2D eigenvalue weighted by molar-refractivity contribution is -0.127. The number of nitrogens with one attached hydrogen (secondary N) is 1. The van der Waals surface area contributed by atoms with E-state index in [0.717, 1.165) is 5.56 Å². The third-order valence-electron chi connectivity index (χ3n) is 4.36. The molecule has 25 heavy (non-hydrogen) atoms. The molecule has 0 radical (unpaired) electrons. The number of nitrogens with zero attached hydrogens (tertiary/aromatic N) is 2. The second kappa shape index (κ2) is 7.34. The molecule has 1 aliphatic rings. The smallest absolute Gasteiger partial charge is 0.230 e. The molecule has 0 aliphatic carbocycles. The zero-order valence-corrected chi connectivity index (χ0v) is 14.3. The largest absolute Gasteiger partial charge is 0.494 e.